The predicted octanol–water partition coefficient (Wildman–Crippen LogP) is 11.3. The molecule has 0 amide bonds. The number of allylic oxidation sites excluding steroid dienone is 6. The first-order valence-corrected chi connectivity index (χ1v) is 22.5. The fourth-order valence-corrected chi connectivity index (χ4v) is 6.35. The molecule has 0 saturated carbocycles. The van der Waals surface area contributed by atoms with Crippen molar-refractivity contribution < 1.29 is 43.0 Å². The van der Waals surface area contributed by atoms with E-state index >= 15 is 0 Å². The summed E-state index contributed by atoms with van der Waals surface area (Å²) in [7, 11) is -4.52. The molecule has 9 nitrogen and oxygen atoms in total. The normalized spacial score (nSPS) is 14.5. The van der Waals surface area contributed by atoms with E-state index < -0.39 is 39.2 Å². The Balaban J connectivity index is 4.23. The number of esters is 1. The van der Waals surface area contributed by atoms with E-state index in [4.69, 9.17) is 23.6 Å². The van der Waals surface area contributed by atoms with Crippen LogP contribution in [0.3, 0.4) is 0 Å². The lowest BCUT2D eigenvalue weighted by Crippen LogP contribution is -2.29. The van der Waals surface area contributed by atoms with Crippen LogP contribution in [0.25, 0.3) is 0 Å². The van der Waals surface area contributed by atoms with Crippen LogP contribution in [0.5, 0.6) is 0 Å². The van der Waals surface area contributed by atoms with Gasteiger partial charge in [0.15, 0.2) is 0 Å². The summed E-state index contributed by atoms with van der Waals surface area (Å²) < 4.78 is 33.3. The molecular formula is C42H79O9P. The summed E-state index contributed by atoms with van der Waals surface area (Å²) in [6.07, 6.45) is 40.9. The molecule has 0 aliphatic carbocycles. The fraction of sp³-hybridized carbons (Fsp3) is 0.833. The predicted molar refractivity (Wildman–Crippen MR) is 214 cm³/mol. The number of carbonyl (C=O) groups is 1. The van der Waals surface area contributed by atoms with Crippen molar-refractivity contribution in [1.29, 1.82) is 0 Å². The summed E-state index contributed by atoms with van der Waals surface area (Å²) in [6, 6.07) is 0. The van der Waals surface area contributed by atoms with Gasteiger partial charge in [-0.3, -0.25) is 13.8 Å². The maximum Gasteiger partial charge on any atom is 0.472 e. The number of aliphatic hydroxyl groups excluding tert-OH is 2. The minimum atomic E-state index is -4.52. The van der Waals surface area contributed by atoms with Gasteiger partial charge in [-0.2, -0.15) is 0 Å². The molecule has 0 saturated heterocycles. The number of aliphatic hydroxyl groups is 2. The summed E-state index contributed by atoms with van der Waals surface area (Å²) in [5, 5.41) is 18.3. The van der Waals surface area contributed by atoms with E-state index in [1.165, 1.54) is 89.9 Å². The van der Waals surface area contributed by atoms with Crippen LogP contribution in [-0.2, 0) is 27.9 Å². The lowest BCUT2D eigenvalue weighted by molar-refractivity contribution is -0.154. The number of hydrogen-bond donors (Lipinski definition) is 3. The van der Waals surface area contributed by atoms with Crippen molar-refractivity contribution >= 4 is 13.8 Å². The van der Waals surface area contributed by atoms with Crippen LogP contribution in [0.4, 0.5) is 0 Å². The van der Waals surface area contributed by atoms with Gasteiger partial charge in [0.2, 0.25) is 0 Å². The van der Waals surface area contributed by atoms with Gasteiger partial charge in [-0.15, -0.1) is 0 Å². The van der Waals surface area contributed by atoms with Gasteiger partial charge < -0.3 is 24.6 Å². The molecule has 0 fully saturated rings. The molecule has 10 heteroatoms. The molecule has 3 N–H and O–H groups in total. The molecule has 3 atom stereocenters. The molecule has 0 aliphatic rings. The second-order valence-electron chi connectivity index (χ2n) is 14.0. The molecule has 0 rings (SSSR count). The molecule has 306 valence electrons. The first-order chi connectivity index (χ1) is 25.3. The van der Waals surface area contributed by atoms with Gasteiger partial charge in [-0.1, -0.05) is 140 Å². The molecule has 0 aliphatic heterocycles. The first-order valence-electron chi connectivity index (χ1n) is 21.0. The second-order valence-corrected chi connectivity index (χ2v) is 15.5. The molecule has 0 aromatic heterocycles. The Morgan fingerprint density at radius 2 is 1.04 bits per heavy atom. The Morgan fingerprint density at radius 3 is 1.58 bits per heavy atom. The lowest BCUT2D eigenvalue weighted by Gasteiger charge is -2.20. The third-order valence-corrected chi connectivity index (χ3v) is 9.75. The van der Waals surface area contributed by atoms with Crippen molar-refractivity contribution in [2.24, 2.45) is 0 Å². The Morgan fingerprint density at radius 1 is 0.596 bits per heavy atom. The zero-order chi connectivity index (χ0) is 38.2. The van der Waals surface area contributed by atoms with Gasteiger partial charge in [0, 0.05) is 13.0 Å². The molecule has 0 aromatic rings. The Kier molecular flexibility index (Phi) is 38.4. The lowest BCUT2D eigenvalue weighted by atomic mass is 10.1. The van der Waals surface area contributed by atoms with E-state index in [9.17, 15) is 19.4 Å². The molecule has 0 spiro atoms. The van der Waals surface area contributed by atoms with Crippen molar-refractivity contribution in [2.75, 3.05) is 33.0 Å². The summed E-state index contributed by atoms with van der Waals surface area (Å²) in [5.41, 5.74) is 0. The van der Waals surface area contributed by atoms with Gasteiger partial charge >= 0.3 is 13.8 Å². The van der Waals surface area contributed by atoms with Crippen LogP contribution in [-0.4, -0.2) is 66.3 Å². The van der Waals surface area contributed by atoms with E-state index in [1.54, 1.807) is 0 Å². The van der Waals surface area contributed by atoms with Crippen LogP contribution in [0.2, 0.25) is 0 Å². The second kappa shape index (κ2) is 39.4. The highest BCUT2D eigenvalue weighted by Gasteiger charge is 2.26. The van der Waals surface area contributed by atoms with Crippen LogP contribution in [0.1, 0.15) is 181 Å². The first kappa shape index (κ1) is 50.7. The number of phosphoric acid groups is 1. The molecule has 0 heterocycles. The summed E-state index contributed by atoms with van der Waals surface area (Å²) in [6.45, 7) is 3.46. The number of unbranched alkanes of at least 4 members (excludes halogenated alkanes) is 20. The van der Waals surface area contributed by atoms with Crippen molar-refractivity contribution in [3.05, 3.63) is 36.5 Å². The quantitative estimate of drug-likeness (QED) is 0.0242. The highest BCUT2D eigenvalue weighted by molar-refractivity contribution is 7.47. The molecule has 0 radical (unpaired) electrons. The third-order valence-electron chi connectivity index (χ3n) is 8.80. The van der Waals surface area contributed by atoms with E-state index in [0.717, 1.165) is 64.2 Å². The average Bonchev–Trinajstić information content (AvgIpc) is 3.13. The fourth-order valence-electron chi connectivity index (χ4n) is 5.56. The van der Waals surface area contributed by atoms with Crippen LogP contribution < -0.4 is 0 Å². The van der Waals surface area contributed by atoms with Crippen molar-refractivity contribution in [1.82, 2.24) is 0 Å². The van der Waals surface area contributed by atoms with Gasteiger partial charge in [0.25, 0.3) is 0 Å². The maximum atomic E-state index is 12.6. The average molecular weight is 759 g/mol. The number of rotatable bonds is 40. The largest absolute Gasteiger partial charge is 0.472 e. The van der Waals surface area contributed by atoms with Crippen LogP contribution in [0.15, 0.2) is 36.5 Å². The number of hydrogen-bond acceptors (Lipinski definition) is 8. The topological polar surface area (TPSA) is 132 Å². The Bertz CT molecular complexity index is 908. The summed E-state index contributed by atoms with van der Waals surface area (Å²) >= 11 is 0. The molecule has 0 aromatic carbocycles. The van der Waals surface area contributed by atoms with Crippen LogP contribution >= 0.6 is 7.82 Å². The van der Waals surface area contributed by atoms with E-state index in [2.05, 4.69) is 50.3 Å². The van der Waals surface area contributed by atoms with Gasteiger partial charge in [0.05, 0.1) is 26.4 Å². The zero-order valence-electron chi connectivity index (χ0n) is 33.3. The maximum absolute atomic E-state index is 12.6. The van der Waals surface area contributed by atoms with Gasteiger partial charge in [-0.25, -0.2) is 4.57 Å². The van der Waals surface area contributed by atoms with E-state index in [-0.39, 0.29) is 19.6 Å². The Hall–Kier alpha value is -1.32. The van der Waals surface area contributed by atoms with Crippen LogP contribution in [0, 0.1) is 0 Å². The van der Waals surface area contributed by atoms with Crippen molar-refractivity contribution in [2.45, 2.75) is 193 Å². The van der Waals surface area contributed by atoms with Crippen molar-refractivity contribution in [3.8, 4) is 0 Å². The highest BCUT2D eigenvalue weighted by Crippen LogP contribution is 2.43. The van der Waals surface area contributed by atoms with Crippen molar-refractivity contribution in [3.63, 3.8) is 0 Å². The number of ether oxygens (including phenoxy) is 2. The summed E-state index contributed by atoms with van der Waals surface area (Å²) in [4.78, 5) is 22.5. The van der Waals surface area contributed by atoms with Gasteiger partial charge in [0.1, 0.15) is 12.2 Å². The SMILES string of the molecule is CCCCCC/C=C\C/C=C\CCCCCCCC(=O)OC(COCCCCCCCC/C=C\CCCCCCC)COP(=O)(O)OCC(O)CO. The number of carbonyl (C=O) groups excluding carboxylic acids is 1. The van der Waals surface area contributed by atoms with E-state index in [1.807, 2.05) is 0 Å². The Labute approximate surface area is 318 Å². The molecule has 3 unspecified atom stereocenters. The minimum absolute atomic E-state index is 0.0399. The third kappa shape index (κ3) is 38.4. The van der Waals surface area contributed by atoms with E-state index in [0.29, 0.717) is 13.0 Å². The molecular weight excluding hydrogens is 679 g/mol. The standard InChI is InChI=1S/C42H79O9P/c1-3-5-7-9-11-13-15-17-19-20-22-24-26-28-30-32-34-42(45)51-41(39-50-52(46,47)49-37-40(44)36-43)38-48-35-33-31-29-27-25-23-21-18-16-14-12-10-8-6-4-2/h13,15-16,18-20,40-41,43-44H,3-12,14,17,21-39H2,1-2H3,(H,46,47)/b15-13-,18-16-,20-19-. The molecule has 0 bridgehead atoms. The zero-order valence-corrected chi connectivity index (χ0v) is 34.2. The number of phosphoric ester groups is 1. The minimum Gasteiger partial charge on any atom is -0.457 e. The smallest absolute Gasteiger partial charge is 0.457 e. The monoisotopic (exact) mass is 759 g/mol. The molecule has 52 heavy (non-hydrogen) atoms. The van der Waals surface area contributed by atoms with Gasteiger partial charge in [-0.05, 0) is 70.6 Å². The summed E-state index contributed by atoms with van der Waals surface area (Å²) in [5.74, 6) is -0.398. The highest BCUT2D eigenvalue weighted by atomic mass is 31.2.